The maximum absolute atomic E-state index is 2.73. The van der Waals surface area contributed by atoms with Crippen molar-refractivity contribution in [1.82, 2.24) is 0 Å². The van der Waals surface area contributed by atoms with Gasteiger partial charge in [0.1, 0.15) is 0 Å². The Kier molecular flexibility index (Phi) is 8.74. The van der Waals surface area contributed by atoms with Crippen LogP contribution in [0.1, 0.15) is 27.7 Å². The molecule has 0 rings (SSSR count). The molecule has 0 aromatic heterocycles. The van der Waals surface area contributed by atoms with Crippen LogP contribution in [0.15, 0.2) is 0 Å². The molecule has 0 bridgehead atoms. The number of hydrogen-bond acceptors (Lipinski definition) is 0. The van der Waals surface area contributed by atoms with Crippen LogP contribution in [-0.4, -0.2) is 5.66 Å². The largest absolute Gasteiger partial charge is 0.135 e. The summed E-state index contributed by atoms with van der Waals surface area (Å²) in [6, 6.07) is 0. The first kappa shape index (κ1) is 9.66. The van der Waals surface area contributed by atoms with Gasteiger partial charge in [0.25, 0.3) is 0 Å². The van der Waals surface area contributed by atoms with Gasteiger partial charge in [0.05, 0.1) is 0 Å². The van der Waals surface area contributed by atoms with Crippen LogP contribution >= 0.6 is 9.24 Å². The molecule has 0 spiro atoms. The summed E-state index contributed by atoms with van der Waals surface area (Å²) in [7, 11) is 2.73. The molecule has 0 aromatic rings. The van der Waals surface area contributed by atoms with E-state index in [0.29, 0.717) is 0 Å². The van der Waals surface area contributed by atoms with Gasteiger partial charge in [0.15, 0.2) is 0 Å². The predicted octanol–water partition coefficient (Wildman–Crippen LogP) is 2.30. The van der Waals surface area contributed by atoms with Gasteiger partial charge in [-0.1, -0.05) is 27.7 Å². The zero-order valence-electron chi connectivity index (χ0n) is 3.86. The van der Waals surface area contributed by atoms with Crippen LogP contribution in [0.4, 0.5) is 0 Å². The number of hydrogen-bond donors (Lipinski definition) is 0. The first-order valence-corrected chi connectivity index (χ1v) is 2.69. The minimum atomic E-state index is 0. The monoisotopic (exact) mass is 106 g/mol. The molecule has 0 aliphatic rings. The molecule has 0 amide bonds. The molecular weight excluding hydrogens is 91.0 g/mol. The Morgan fingerprint density at radius 1 is 1.67 bits per heavy atom. The van der Waals surface area contributed by atoms with Crippen LogP contribution in [-0.2, 0) is 0 Å². The van der Waals surface area contributed by atoms with Crippen molar-refractivity contribution < 1.29 is 0 Å². The average Bonchev–Trinajstić information content (AvgIpc) is 1.38. The second-order valence-corrected chi connectivity index (χ2v) is 2.52. The van der Waals surface area contributed by atoms with Gasteiger partial charge in [-0.2, -0.15) is 0 Å². The molecule has 1 heteroatoms. The third-order valence-corrected chi connectivity index (χ3v) is 1.12. The summed E-state index contributed by atoms with van der Waals surface area (Å²) in [5.41, 5.74) is 0.801. The van der Waals surface area contributed by atoms with Crippen molar-refractivity contribution in [2.75, 3.05) is 0 Å². The molecule has 0 heterocycles. The highest BCUT2D eigenvalue weighted by Crippen LogP contribution is 1.99. The molecule has 2 atom stereocenters. The Labute approximate surface area is 43.5 Å². The Morgan fingerprint density at radius 2 is 1.83 bits per heavy atom. The average molecular weight is 106 g/mol. The quantitative estimate of drug-likeness (QED) is 0.450. The highest BCUT2D eigenvalue weighted by molar-refractivity contribution is 7.17. The molecule has 0 radical (unpaired) electrons. The summed E-state index contributed by atoms with van der Waals surface area (Å²) in [5.74, 6) is 0. The molecule has 40 valence electrons. The van der Waals surface area contributed by atoms with Crippen LogP contribution in [0.5, 0.6) is 0 Å². The molecule has 0 aliphatic heterocycles. The van der Waals surface area contributed by atoms with Crippen LogP contribution in [0.2, 0.25) is 0 Å². The van der Waals surface area contributed by atoms with Gasteiger partial charge in [-0.05, 0) is 5.66 Å². The van der Waals surface area contributed by atoms with E-state index >= 15 is 0 Å². The van der Waals surface area contributed by atoms with E-state index in [-0.39, 0.29) is 7.43 Å². The van der Waals surface area contributed by atoms with Crippen LogP contribution in [0.25, 0.3) is 0 Å². The van der Waals surface area contributed by atoms with Gasteiger partial charge in [0, 0.05) is 0 Å². The van der Waals surface area contributed by atoms with E-state index in [1.165, 1.54) is 6.42 Å². The van der Waals surface area contributed by atoms with E-state index in [1.54, 1.807) is 0 Å². The molecule has 0 N–H and O–H groups in total. The maximum atomic E-state index is 2.73. The van der Waals surface area contributed by atoms with Gasteiger partial charge in [-0.15, -0.1) is 9.24 Å². The molecule has 2 unspecified atom stereocenters. The van der Waals surface area contributed by atoms with Crippen molar-refractivity contribution in [2.24, 2.45) is 0 Å². The van der Waals surface area contributed by atoms with E-state index in [2.05, 4.69) is 23.1 Å². The highest BCUT2D eigenvalue weighted by atomic mass is 31.0. The summed E-state index contributed by atoms with van der Waals surface area (Å²) >= 11 is 0. The minimum Gasteiger partial charge on any atom is -0.135 e. The third-order valence-electron chi connectivity index (χ3n) is 0.644. The molecule has 0 aromatic carbocycles. The second kappa shape index (κ2) is 5.43. The normalized spacial score (nSPS) is 12.5. The van der Waals surface area contributed by atoms with Crippen molar-refractivity contribution in [3.05, 3.63) is 0 Å². The zero-order chi connectivity index (χ0) is 4.28. The maximum Gasteiger partial charge on any atom is -0.0295 e. The summed E-state index contributed by atoms with van der Waals surface area (Å²) in [6.07, 6.45) is 1.27. The zero-order valence-corrected chi connectivity index (χ0v) is 5.02. The van der Waals surface area contributed by atoms with Crippen molar-refractivity contribution in [2.45, 2.75) is 33.4 Å². The molecule has 0 saturated heterocycles. The standard InChI is InChI=1S/C4H11P.CH4/c1-3-4(2)5;/h4H,3,5H2,1-2H3;1H4. The number of rotatable bonds is 1. The summed E-state index contributed by atoms with van der Waals surface area (Å²) < 4.78 is 0. The van der Waals surface area contributed by atoms with E-state index < -0.39 is 0 Å². The topological polar surface area (TPSA) is 0 Å². The lowest BCUT2D eigenvalue weighted by atomic mass is 10.4. The lowest BCUT2D eigenvalue weighted by Crippen LogP contribution is -1.80. The van der Waals surface area contributed by atoms with E-state index in [0.717, 1.165) is 5.66 Å². The second-order valence-electron chi connectivity index (χ2n) is 1.39. The fourth-order valence-electron chi connectivity index (χ4n) is 0. The van der Waals surface area contributed by atoms with Gasteiger partial charge >= 0.3 is 0 Å². The van der Waals surface area contributed by atoms with Crippen molar-refractivity contribution in [3.8, 4) is 0 Å². The first-order chi connectivity index (χ1) is 2.27. The lowest BCUT2D eigenvalue weighted by Gasteiger charge is -1.90. The van der Waals surface area contributed by atoms with E-state index in [4.69, 9.17) is 0 Å². The summed E-state index contributed by atoms with van der Waals surface area (Å²) in [4.78, 5) is 0. The third kappa shape index (κ3) is 8.83. The lowest BCUT2D eigenvalue weighted by molar-refractivity contribution is 0.908. The fourth-order valence-corrected chi connectivity index (χ4v) is 0. The Balaban J connectivity index is 0. The van der Waals surface area contributed by atoms with Crippen molar-refractivity contribution in [3.63, 3.8) is 0 Å². The Hall–Kier alpha value is 0.430. The van der Waals surface area contributed by atoms with Crippen LogP contribution in [0, 0.1) is 0 Å². The van der Waals surface area contributed by atoms with Gasteiger partial charge in [0.2, 0.25) is 0 Å². The van der Waals surface area contributed by atoms with Gasteiger partial charge in [-0.3, -0.25) is 0 Å². The fraction of sp³-hybridized carbons (Fsp3) is 1.00. The Morgan fingerprint density at radius 3 is 1.83 bits per heavy atom. The summed E-state index contributed by atoms with van der Waals surface area (Å²) in [5, 5.41) is 0. The Bertz CT molecular complexity index is 17.9. The van der Waals surface area contributed by atoms with Crippen LogP contribution < -0.4 is 0 Å². The van der Waals surface area contributed by atoms with Crippen LogP contribution in [0.3, 0.4) is 0 Å². The first-order valence-electron chi connectivity index (χ1n) is 2.03. The van der Waals surface area contributed by atoms with Crippen molar-refractivity contribution >= 4 is 9.24 Å². The molecule has 0 saturated carbocycles. The molecule has 0 aliphatic carbocycles. The molecular formula is C5H15P. The molecule has 0 fully saturated rings. The van der Waals surface area contributed by atoms with Gasteiger partial charge in [-0.25, -0.2) is 0 Å². The SMILES string of the molecule is C.CCC(C)P. The predicted molar refractivity (Wildman–Crippen MR) is 36.2 cm³/mol. The molecule has 6 heavy (non-hydrogen) atoms. The summed E-state index contributed by atoms with van der Waals surface area (Å²) in [6.45, 7) is 4.36. The highest BCUT2D eigenvalue weighted by Gasteiger charge is 1.80. The van der Waals surface area contributed by atoms with Gasteiger partial charge < -0.3 is 0 Å². The van der Waals surface area contributed by atoms with E-state index in [9.17, 15) is 0 Å². The van der Waals surface area contributed by atoms with Crippen molar-refractivity contribution in [1.29, 1.82) is 0 Å². The minimum absolute atomic E-state index is 0. The smallest absolute Gasteiger partial charge is 0.0295 e. The molecule has 0 nitrogen and oxygen atoms in total. The van der Waals surface area contributed by atoms with E-state index in [1.807, 2.05) is 0 Å².